The zero-order chi connectivity index (χ0) is 26.6. The molecule has 5 atom stereocenters. The van der Waals surface area contributed by atoms with Crippen molar-refractivity contribution in [1.82, 2.24) is 9.55 Å². The van der Waals surface area contributed by atoms with E-state index in [4.69, 9.17) is 25.1 Å². The zero-order valence-electron chi connectivity index (χ0n) is 18.4. The highest BCUT2D eigenvalue weighted by Crippen LogP contribution is 2.66. The number of phosphoric ester groups is 1. The van der Waals surface area contributed by atoms with Gasteiger partial charge in [0.1, 0.15) is 18.1 Å². The van der Waals surface area contributed by atoms with Crippen molar-refractivity contribution >= 4 is 35.0 Å². The van der Waals surface area contributed by atoms with Crippen molar-refractivity contribution in [2.45, 2.75) is 45.6 Å². The highest BCUT2D eigenvalue weighted by atomic mass is 31.3. The van der Waals surface area contributed by atoms with Crippen molar-refractivity contribution in [3.8, 4) is 11.8 Å². The number of nitrogens with zero attached hydrogens (tertiary/aromatic N) is 3. The van der Waals surface area contributed by atoms with Gasteiger partial charge in [-0.25, -0.2) is 18.5 Å². The normalized spacial score (nSPS) is 23.5. The lowest BCUT2D eigenvalue weighted by molar-refractivity contribution is -0.0604. The van der Waals surface area contributed by atoms with Crippen molar-refractivity contribution < 1.29 is 56.0 Å². The number of nitrogen functional groups attached to an aromatic ring is 1. The van der Waals surface area contributed by atoms with Gasteiger partial charge in [0.25, 0.3) is 0 Å². The number of hydrogen-bond acceptors (Lipinski definition) is 12. The Morgan fingerprint density at radius 1 is 1.26 bits per heavy atom. The van der Waals surface area contributed by atoms with Crippen LogP contribution in [0.5, 0.6) is 0 Å². The topological polar surface area (TPSA) is 252 Å². The van der Waals surface area contributed by atoms with E-state index in [-0.39, 0.29) is 17.8 Å². The Balaban J connectivity index is 2.23. The van der Waals surface area contributed by atoms with E-state index in [1.54, 1.807) is 20.8 Å². The van der Waals surface area contributed by atoms with Crippen LogP contribution in [0.4, 0.5) is 5.82 Å². The fourth-order valence-corrected chi connectivity index (χ4v) is 5.72. The second-order valence-corrected chi connectivity index (χ2v) is 11.5. The van der Waals surface area contributed by atoms with Gasteiger partial charge in [0, 0.05) is 12.6 Å². The van der Waals surface area contributed by atoms with Gasteiger partial charge in [-0.15, -0.1) is 5.92 Å². The number of nitrogens with two attached hydrogens (primary N) is 1. The average molecular weight is 560 g/mol. The lowest BCUT2D eigenvalue weighted by atomic mass is 10.2. The van der Waals surface area contributed by atoms with E-state index in [0.29, 0.717) is 5.71 Å². The van der Waals surface area contributed by atoms with Crippen molar-refractivity contribution in [2.24, 2.45) is 5.16 Å². The van der Waals surface area contributed by atoms with Gasteiger partial charge in [-0.05, 0) is 20.8 Å². The Labute approximate surface area is 198 Å². The van der Waals surface area contributed by atoms with Crippen LogP contribution in [-0.4, -0.2) is 53.7 Å². The summed E-state index contributed by atoms with van der Waals surface area (Å²) in [4.78, 5) is 57.5. The maximum atomic E-state index is 12.4. The van der Waals surface area contributed by atoms with Crippen molar-refractivity contribution in [3.63, 3.8) is 0 Å². The molecule has 1 fully saturated rings. The molecular weight excluding hydrogens is 537 g/mol. The van der Waals surface area contributed by atoms with Gasteiger partial charge < -0.3 is 34.9 Å². The molecule has 0 aromatic carbocycles. The SMILES string of the molecule is CC#Cc1cn([C@H]2C[C@@H](ON=C(C)C)C(COP(=O)(O)OP(=O)(O)OP(=O)(O)O)O2)c(=O)nc1N. The molecule has 0 aliphatic carbocycles. The van der Waals surface area contributed by atoms with Gasteiger partial charge >= 0.3 is 29.2 Å². The minimum Gasteiger partial charge on any atom is -0.389 e. The molecule has 2 rings (SSSR count). The summed E-state index contributed by atoms with van der Waals surface area (Å²) in [5.41, 5.74) is 5.66. The van der Waals surface area contributed by atoms with E-state index in [0.717, 1.165) is 4.57 Å². The summed E-state index contributed by atoms with van der Waals surface area (Å²) in [5, 5.41) is 3.79. The first-order valence-electron chi connectivity index (χ1n) is 9.44. The number of phosphoric acid groups is 3. The van der Waals surface area contributed by atoms with E-state index in [9.17, 15) is 28.3 Å². The monoisotopic (exact) mass is 560 g/mol. The second-order valence-electron chi connectivity index (χ2n) is 7.04. The number of oxime groups is 1. The first-order valence-corrected chi connectivity index (χ1v) is 14.0. The van der Waals surface area contributed by atoms with Crippen LogP contribution < -0.4 is 11.4 Å². The summed E-state index contributed by atoms with van der Waals surface area (Å²) in [6, 6.07) is 0. The standard InChI is InChI=1S/C15H23N4O13P3/c1-4-5-10-7-19(15(20)17-14(10)16)13-6-11(30-18-9(2)3)12(29-13)8-28-34(24,25)32-35(26,27)31-33(21,22)23/h7,11-13H,6,8H2,1-3H3,(H,24,25)(H,26,27)(H2,16,17,20)(H2,21,22,23)/t11-,12?,13-/m1/s1. The van der Waals surface area contributed by atoms with Crippen LogP contribution in [0, 0.1) is 11.8 Å². The van der Waals surface area contributed by atoms with Gasteiger partial charge in [0.2, 0.25) is 0 Å². The number of anilines is 1. The van der Waals surface area contributed by atoms with Crippen molar-refractivity contribution in [1.29, 1.82) is 0 Å². The molecule has 35 heavy (non-hydrogen) atoms. The van der Waals surface area contributed by atoms with E-state index < -0.39 is 54.2 Å². The Morgan fingerprint density at radius 2 is 1.91 bits per heavy atom. The first-order chi connectivity index (χ1) is 16.0. The fraction of sp³-hybridized carbons (Fsp3) is 0.533. The third-order valence-electron chi connectivity index (χ3n) is 3.92. The molecule has 196 valence electrons. The third kappa shape index (κ3) is 9.23. The molecule has 0 amide bonds. The minimum atomic E-state index is -5.69. The Bertz CT molecular complexity index is 1230. The van der Waals surface area contributed by atoms with E-state index in [1.165, 1.54) is 6.20 Å². The van der Waals surface area contributed by atoms with Crippen LogP contribution in [0.1, 0.15) is 39.0 Å². The molecule has 1 aliphatic rings. The Morgan fingerprint density at radius 3 is 2.49 bits per heavy atom. The molecule has 0 bridgehead atoms. The van der Waals surface area contributed by atoms with Crippen molar-refractivity contribution in [2.75, 3.05) is 12.3 Å². The number of ether oxygens (including phenoxy) is 1. The zero-order valence-corrected chi connectivity index (χ0v) is 21.1. The maximum absolute atomic E-state index is 12.4. The molecule has 1 saturated heterocycles. The molecule has 20 heteroatoms. The van der Waals surface area contributed by atoms with Crippen LogP contribution in [0.2, 0.25) is 0 Å². The lowest BCUT2D eigenvalue weighted by Crippen LogP contribution is -2.29. The van der Waals surface area contributed by atoms with Crippen LogP contribution in [0.25, 0.3) is 0 Å². The maximum Gasteiger partial charge on any atom is 0.490 e. The van der Waals surface area contributed by atoms with Gasteiger partial charge in [-0.1, -0.05) is 11.1 Å². The molecule has 1 aliphatic heterocycles. The molecule has 0 radical (unpaired) electrons. The first kappa shape index (κ1) is 29.3. The molecule has 17 nitrogen and oxygen atoms in total. The molecule has 1 aromatic heterocycles. The summed E-state index contributed by atoms with van der Waals surface area (Å²) < 4.78 is 53.0. The average Bonchev–Trinajstić information content (AvgIpc) is 3.07. The predicted molar refractivity (Wildman–Crippen MR) is 117 cm³/mol. The number of rotatable bonds is 10. The van der Waals surface area contributed by atoms with E-state index in [2.05, 4.69) is 35.1 Å². The number of aromatic nitrogens is 2. The molecular formula is C15H23N4O13P3. The summed E-state index contributed by atoms with van der Waals surface area (Å²) in [6.07, 6.45) is -1.88. The van der Waals surface area contributed by atoms with Gasteiger partial charge in [-0.2, -0.15) is 13.6 Å². The van der Waals surface area contributed by atoms with E-state index in [1.807, 2.05) is 0 Å². The molecule has 0 saturated carbocycles. The Kier molecular flexibility index (Phi) is 9.57. The minimum absolute atomic E-state index is 0.0221. The molecule has 6 N–H and O–H groups in total. The molecule has 3 unspecified atom stereocenters. The summed E-state index contributed by atoms with van der Waals surface area (Å²) in [6.45, 7) is 3.99. The second kappa shape index (κ2) is 11.4. The van der Waals surface area contributed by atoms with Gasteiger partial charge in [0.15, 0.2) is 6.10 Å². The van der Waals surface area contributed by atoms with Crippen LogP contribution in [0.15, 0.2) is 16.1 Å². The molecule has 0 spiro atoms. The highest BCUT2D eigenvalue weighted by molar-refractivity contribution is 7.66. The van der Waals surface area contributed by atoms with Crippen LogP contribution >= 0.6 is 23.5 Å². The fourth-order valence-electron chi connectivity index (χ4n) is 2.69. The van der Waals surface area contributed by atoms with Crippen LogP contribution in [-0.2, 0) is 36.4 Å². The summed E-state index contributed by atoms with van der Waals surface area (Å²) >= 11 is 0. The quantitative estimate of drug-likeness (QED) is 0.114. The largest absolute Gasteiger partial charge is 0.490 e. The lowest BCUT2D eigenvalue weighted by Gasteiger charge is -2.20. The summed E-state index contributed by atoms with van der Waals surface area (Å²) in [5.74, 6) is 5.20. The van der Waals surface area contributed by atoms with Gasteiger partial charge in [0.05, 0.1) is 17.9 Å². The molecule has 2 heterocycles. The number of hydrogen-bond donors (Lipinski definition) is 5. The van der Waals surface area contributed by atoms with Crippen molar-refractivity contribution in [3.05, 3.63) is 22.2 Å². The molecule has 1 aromatic rings. The predicted octanol–water partition coefficient (Wildman–Crippen LogP) is 0.609. The van der Waals surface area contributed by atoms with Crippen LogP contribution in [0.3, 0.4) is 0 Å². The highest BCUT2D eigenvalue weighted by Gasteiger charge is 2.44. The third-order valence-corrected chi connectivity index (χ3v) is 7.72. The van der Waals surface area contributed by atoms with E-state index >= 15 is 0 Å². The Hall–Kier alpha value is -1.92. The van der Waals surface area contributed by atoms with Gasteiger partial charge in [-0.3, -0.25) is 9.09 Å². The smallest absolute Gasteiger partial charge is 0.389 e. The summed E-state index contributed by atoms with van der Waals surface area (Å²) in [7, 11) is -16.6.